The van der Waals surface area contributed by atoms with Crippen LogP contribution in [0, 0.1) is 6.61 Å². The molecular formula is C23H45O. The molecule has 0 amide bonds. The van der Waals surface area contributed by atoms with Gasteiger partial charge in [-0.05, 0) is 25.7 Å². The van der Waals surface area contributed by atoms with Crippen molar-refractivity contribution in [3.63, 3.8) is 0 Å². The van der Waals surface area contributed by atoms with Gasteiger partial charge in [0, 0.05) is 7.11 Å². The Morgan fingerprint density at radius 2 is 0.917 bits per heavy atom. The predicted octanol–water partition coefficient (Wildman–Crippen LogP) is 8.39. The van der Waals surface area contributed by atoms with Crippen LogP contribution in [0.3, 0.4) is 0 Å². The van der Waals surface area contributed by atoms with Gasteiger partial charge in [-0.15, -0.1) is 0 Å². The van der Waals surface area contributed by atoms with Gasteiger partial charge in [-0.2, -0.15) is 0 Å². The zero-order valence-electron chi connectivity index (χ0n) is 16.9. The summed E-state index contributed by atoms with van der Waals surface area (Å²) in [6.07, 6.45) is 29.7. The van der Waals surface area contributed by atoms with Crippen LogP contribution in [0.1, 0.15) is 122 Å². The summed E-state index contributed by atoms with van der Waals surface area (Å²) in [5.41, 5.74) is 0. The molecule has 0 aliphatic carbocycles. The normalized spacial score (nSPS) is 11.6. The van der Waals surface area contributed by atoms with Crippen molar-refractivity contribution >= 4 is 0 Å². The van der Waals surface area contributed by atoms with Gasteiger partial charge in [0.1, 0.15) is 0 Å². The predicted molar refractivity (Wildman–Crippen MR) is 109 cm³/mol. The number of allylic oxidation sites excluding steroid dienone is 2. The van der Waals surface area contributed by atoms with Crippen LogP contribution in [0.5, 0.6) is 0 Å². The minimum atomic E-state index is 1.03. The number of ether oxygens (including phenoxy) is 1. The van der Waals surface area contributed by atoms with Crippen molar-refractivity contribution in [1.82, 2.24) is 0 Å². The lowest BCUT2D eigenvalue weighted by molar-refractivity contribution is 0.266. The second-order valence-corrected chi connectivity index (χ2v) is 7.19. The second kappa shape index (κ2) is 22.7. The first-order chi connectivity index (χ1) is 11.9. The van der Waals surface area contributed by atoms with Crippen molar-refractivity contribution < 1.29 is 4.74 Å². The largest absolute Gasteiger partial charge is 0.379 e. The van der Waals surface area contributed by atoms with Gasteiger partial charge >= 0.3 is 0 Å². The molecule has 0 heterocycles. The molecule has 1 heteroatoms. The van der Waals surface area contributed by atoms with E-state index in [1.54, 1.807) is 7.11 Å². The first-order valence-corrected chi connectivity index (χ1v) is 10.9. The van der Waals surface area contributed by atoms with Crippen molar-refractivity contribution in [2.24, 2.45) is 0 Å². The first-order valence-electron chi connectivity index (χ1n) is 10.9. The van der Waals surface area contributed by atoms with E-state index in [-0.39, 0.29) is 0 Å². The minimum absolute atomic E-state index is 1.03. The molecule has 0 N–H and O–H groups in total. The average Bonchev–Trinajstić information content (AvgIpc) is 2.60. The van der Waals surface area contributed by atoms with Gasteiger partial charge in [0.05, 0.1) is 6.61 Å². The van der Waals surface area contributed by atoms with E-state index < -0.39 is 0 Å². The van der Waals surface area contributed by atoms with Crippen LogP contribution in [0.15, 0.2) is 12.2 Å². The third-order valence-electron chi connectivity index (χ3n) is 4.76. The summed E-state index contributed by atoms with van der Waals surface area (Å²) in [7, 11) is 1.72. The maximum Gasteiger partial charge on any atom is 0.0835 e. The standard InChI is InChI=1S/C23H45O/c1-3-4-5-6-7-8-9-10-11-12-13-14-15-16-17-18-19-20-21-22-23-24-2/h19-20,23H,3-18,21-22H2,1-2H3. The Hall–Kier alpha value is -0.300. The SMILES string of the molecule is CCCCCCCCCCCCCCCCCC=CCC[CH]OC. The van der Waals surface area contributed by atoms with Crippen molar-refractivity contribution in [3.8, 4) is 0 Å². The summed E-state index contributed by atoms with van der Waals surface area (Å²) in [4.78, 5) is 0. The average molecular weight is 338 g/mol. The first kappa shape index (κ1) is 23.7. The zero-order valence-corrected chi connectivity index (χ0v) is 16.9. The Morgan fingerprint density at radius 3 is 1.38 bits per heavy atom. The Labute approximate surface area is 153 Å². The molecule has 0 aromatic rings. The van der Waals surface area contributed by atoms with Gasteiger partial charge in [-0.25, -0.2) is 0 Å². The van der Waals surface area contributed by atoms with Crippen LogP contribution in [0.2, 0.25) is 0 Å². The number of hydrogen-bond acceptors (Lipinski definition) is 1. The van der Waals surface area contributed by atoms with E-state index in [2.05, 4.69) is 19.1 Å². The van der Waals surface area contributed by atoms with Crippen molar-refractivity contribution in [2.75, 3.05) is 7.11 Å². The molecule has 0 spiro atoms. The highest BCUT2D eigenvalue weighted by atomic mass is 16.5. The monoisotopic (exact) mass is 337 g/mol. The summed E-state index contributed by atoms with van der Waals surface area (Å²) < 4.78 is 4.92. The van der Waals surface area contributed by atoms with E-state index in [1.807, 2.05) is 6.61 Å². The molecule has 1 nitrogen and oxygen atoms in total. The lowest BCUT2D eigenvalue weighted by atomic mass is 10.0. The number of unbranched alkanes of at least 4 members (excludes halogenated alkanes) is 16. The molecule has 0 saturated carbocycles. The van der Waals surface area contributed by atoms with E-state index in [0.29, 0.717) is 0 Å². The van der Waals surface area contributed by atoms with Crippen molar-refractivity contribution in [3.05, 3.63) is 18.8 Å². The minimum Gasteiger partial charge on any atom is -0.379 e. The molecule has 0 saturated heterocycles. The van der Waals surface area contributed by atoms with Crippen LogP contribution in [-0.2, 0) is 4.74 Å². The van der Waals surface area contributed by atoms with Gasteiger partial charge in [-0.1, -0.05) is 109 Å². The summed E-state index contributed by atoms with van der Waals surface area (Å²) in [6, 6.07) is 0. The third-order valence-corrected chi connectivity index (χ3v) is 4.76. The van der Waals surface area contributed by atoms with Gasteiger partial charge in [0.2, 0.25) is 0 Å². The summed E-state index contributed by atoms with van der Waals surface area (Å²) >= 11 is 0. The molecule has 0 fully saturated rings. The number of methoxy groups -OCH3 is 1. The summed E-state index contributed by atoms with van der Waals surface area (Å²) in [5, 5.41) is 0. The maximum absolute atomic E-state index is 4.92. The molecule has 0 unspecified atom stereocenters. The molecule has 0 aromatic carbocycles. The lowest BCUT2D eigenvalue weighted by Crippen LogP contribution is -1.83. The molecule has 0 atom stereocenters. The second-order valence-electron chi connectivity index (χ2n) is 7.19. The van der Waals surface area contributed by atoms with E-state index in [1.165, 1.54) is 103 Å². The summed E-state index contributed by atoms with van der Waals surface area (Å²) in [5.74, 6) is 0. The fourth-order valence-corrected chi connectivity index (χ4v) is 3.15. The van der Waals surface area contributed by atoms with Crippen molar-refractivity contribution in [2.45, 2.75) is 122 Å². The molecule has 0 aliphatic heterocycles. The third kappa shape index (κ3) is 21.7. The van der Waals surface area contributed by atoms with E-state index >= 15 is 0 Å². The highest BCUT2D eigenvalue weighted by molar-refractivity contribution is 4.82. The Kier molecular flexibility index (Phi) is 22.4. The molecule has 0 bridgehead atoms. The molecule has 0 aliphatic rings. The highest BCUT2D eigenvalue weighted by Gasteiger charge is 1.94. The molecule has 0 rings (SSSR count). The van der Waals surface area contributed by atoms with E-state index in [9.17, 15) is 0 Å². The fourth-order valence-electron chi connectivity index (χ4n) is 3.15. The fraction of sp³-hybridized carbons (Fsp3) is 0.870. The van der Waals surface area contributed by atoms with Crippen LogP contribution < -0.4 is 0 Å². The Balaban J connectivity index is 3.00. The molecule has 0 aromatic heterocycles. The molecule has 24 heavy (non-hydrogen) atoms. The zero-order chi connectivity index (χ0) is 17.6. The quantitative estimate of drug-likeness (QED) is 0.160. The smallest absolute Gasteiger partial charge is 0.0835 e. The Bertz CT molecular complexity index is 234. The van der Waals surface area contributed by atoms with Gasteiger partial charge in [-0.3, -0.25) is 0 Å². The van der Waals surface area contributed by atoms with Crippen LogP contribution >= 0.6 is 0 Å². The number of rotatable bonds is 20. The highest BCUT2D eigenvalue weighted by Crippen LogP contribution is 2.13. The molecule has 1 radical (unpaired) electrons. The summed E-state index contributed by atoms with van der Waals surface area (Å²) in [6.45, 7) is 4.17. The maximum atomic E-state index is 4.92. The molecule has 143 valence electrons. The van der Waals surface area contributed by atoms with Crippen LogP contribution in [0.4, 0.5) is 0 Å². The van der Waals surface area contributed by atoms with Crippen molar-refractivity contribution in [1.29, 1.82) is 0 Å². The topological polar surface area (TPSA) is 9.23 Å². The van der Waals surface area contributed by atoms with Gasteiger partial charge in [0.25, 0.3) is 0 Å². The van der Waals surface area contributed by atoms with Crippen LogP contribution in [0.25, 0.3) is 0 Å². The number of hydrogen-bond donors (Lipinski definition) is 0. The molecular weight excluding hydrogens is 292 g/mol. The van der Waals surface area contributed by atoms with Gasteiger partial charge in [0.15, 0.2) is 0 Å². The Morgan fingerprint density at radius 1 is 0.500 bits per heavy atom. The lowest BCUT2D eigenvalue weighted by Gasteiger charge is -2.03. The van der Waals surface area contributed by atoms with Gasteiger partial charge < -0.3 is 4.74 Å². The van der Waals surface area contributed by atoms with E-state index in [0.717, 1.165) is 12.8 Å². The van der Waals surface area contributed by atoms with Crippen LogP contribution in [-0.4, -0.2) is 7.11 Å². The van der Waals surface area contributed by atoms with E-state index in [4.69, 9.17) is 4.74 Å².